The Kier molecular flexibility index (Phi) is 4.11. The molecular formula is C14H28N2O. The van der Waals surface area contributed by atoms with Crippen molar-refractivity contribution >= 4 is 0 Å². The van der Waals surface area contributed by atoms with Crippen molar-refractivity contribution in [3.63, 3.8) is 0 Å². The van der Waals surface area contributed by atoms with Gasteiger partial charge in [-0.15, -0.1) is 0 Å². The number of nitrogens with zero attached hydrogens (tertiary/aromatic N) is 1. The second-order valence-corrected chi connectivity index (χ2v) is 6.55. The smallest absolute Gasteiger partial charge is 0.0484 e. The van der Waals surface area contributed by atoms with Gasteiger partial charge in [0.2, 0.25) is 0 Å². The van der Waals surface area contributed by atoms with E-state index in [9.17, 15) is 0 Å². The molecule has 0 radical (unpaired) electrons. The first kappa shape index (κ1) is 13.3. The molecule has 2 saturated heterocycles. The van der Waals surface area contributed by atoms with Crippen LogP contribution in [0.3, 0.4) is 0 Å². The van der Waals surface area contributed by atoms with Crippen LogP contribution in [0.15, 0.2) is 0 Å². The van der Waals surface area contributed by atoms with E-state index < -0.39 is 0 Å². The maximum Gasteiger partial charge on any atom is 0.0484 e. The average molecular weight is 240 g/mol. The molecule has 3 heteroatoms. The molecule has 0 aromatic carbocycles. The molecular weight excluding hydrogens is 212 g/mol. The Labute approximate surface area is 106 Å². The Hall–Kier alpha value is -0.120. The van der Waals surface area contributed by atoms with Crippen molar-refractivity contribution in [3.8, 4) is 0 Å². The lowest BCUT2D eigenvalue weighted by Gasteiger charge is -2.48. The summed E-state index contributed by atoms with van der Waals surface area (Å²) in [5.74, 6) is 0. The van der Waals surface area contributed by atoms with Crippen LogP contribution in [-0.4, -0.2) is 43.3 Å². The second-order valence-electron chi connectivity index (χ2n) is 6.55. The van der Waals surface area contributed by atoms with Crippen molar-refractivity contribution in [1.29, 1.82) is 0 Å². The average Bonchev–Trinajstić information content (AvgIpc) is 2.55. The number of ether oxygens (including phenoxy) is 1. The van der Waals surface area contributed by atoms with Gasteiger partial charge in [-0.3, -0.25) is 4.90 Å². The minimum atomic E-state index is 0.229. The molecule has 0 bridgehead atoms. The summed E-state index contributed by atoms with van der Waals surface area (Å²) < 4.78 is 5.60. The first-order valence-electron chi connectivity index (χ1n) is 7.11. The normalized spacial score (nSPS) is 35.5. The second kappa shape index (κ2) is 5.25. The molecule has 3 nitrogen and oxygen atoms in total. The van der Waals surface area contributed by atoms with Gasteiger partial charge in [-0.2, -0.15) is 0 Å². The van der Waals surface area contributed by atoms with Crippen LogP contribution in [0.5, 0.6) is 0 Å². The van der Waals surface area contributed by atoms with E-state index in [0.717, 1.165) is 32.6 Å². The molecule has 0 aliphatic carbocycles. The van der Waals surface area contributed by atoms with Crippen molar-refractivity contribution in [1.82, 2.24) is 4.90 Å². The minimum Gasteiger partial charge on any atom is -0.381 e. The van der Waals surface area contributed by atoms with E-state index in [4.69, 9.17) is 10.5 Å². The Morgan fingerprint density at radius 2 is 1.76 bits per heavy atom. The quantitative estimate of drug-likeness (QED) is 0.802. The maximum atomic E-state index is 6.11. The van der Waals surface area contributed by atoms with Crippen LogP contribution < -0.4 is 5.73 Å². The fourth-order valence-corrected chi connectivity index (χ4v) is 3.23. The molecule has 2 N–H and O–H groups in total. The number of piperidine rings is 1. The molecule has 1 unspecified atom stereocenters. The molecule has 0 saturated carbocycles. The topological polar surface area (TPSA) is 38.5 Å². The lowest BCUT2D eigenvalue weighted by atomic mass is 9.79. The molecule has 2 heterocycles. The van der Waals surface area contributed by atoms with Gasteiger partial charge in [-0.05, 0) is 50.6 Å². The van der Waals surface area contributed by atoms with Crippen molar-refractivity contribution in [2.75, 3.05) is 32.8 Å². The summed E-state index contributed by atoms with van der Waals surface area (Å²) in [6.45, 7) is 9.79. The van der Waals surface area contributed by atoms with Crippen molar-refractivity contribution in [3.05, 3.63) is 0 Å². The van der Waals surface area contributed by atoms with Gasteiger partial charge in [-0.25, -0.2) is 0 Å². The predicted octanol–water partition coefficient (Wildman–Crippen LogP) is 2.01. The molecule has 1 atom stereocenters. The van der Waals surface area contributed by atoms with E-state index in [1.807, 2.05) is 0 Å². The van der Waals surface area contributed by atoms with E-state index in [2.05, 4.69) is 18.7 Å². The van der Waals surface area contributed by atoms with Crippen molar-refractivity contribution < 1.29 is 4.74 Å². The SMILES string of the molecule is CC1(C)CCN(C2(CN)CCCOCC2)CC1. The third kappa shape index (κ3) is 3.01. The van der Waals surface area contributed by atoms with Gasteiger partial charge >= 0.3 is 0 Å². The van der Waals surface area contributed by atoms with E-state index in [1.165, 1.54) is 32.4 Å². The Balaban J connectivity index is 2.02. The van der Waals surface area contributed by atoms with Gasteiger partial charge in [-0.1, -0.05) is 13.8 Å². The zero-order valence-electron chi connectivity index (χ0n) is 11.5. The van der Waals surface area contributed by atoms with Crippen LogP contribution >= 0.6 is 0 Å². The van der Waals surface area contributed by atoms with Crippen LogP contribution in [0, 0.1) is 5.41 Å². The lowest BCUT2D eigenvalue weighted by Crippen LogP contribution is -2.57. The van der Waals surface area contributed by atoms with Crippen molar-refractivity contribution in [2.45, 2.75) is 51.5 Å². The Morgan fingerprint density at radius 3 is 2.41 bits per heavy atom. The molecule has 0 spiro atoms. The maximum absolute atomic E-state index is 6.11. The zero-order chi connectivity index (χ0) is 12.4. The van der Waals surface area contributed by atoms with Crippen LogP contribution in [0.4, 0.5) is 0 Å². The summed E-state index contributed by atoms with van der Waals surface area (Å²) >= 11 is 0. The minimum absolute atomic E-state index is 0.229. The van der Waals surface area contributed by atoms with E-state index in [0.29, 0.717) is 5.41 Å². The van der Waals surface area contributed by atoms with Crippen LogP contribution in [0.2, 0.25) is 0 Å². The number of hydrogen-bond acceptors (Lipinski definition) is 3. The summed E-state index contributed by atoms with van der Waals surface area (Å²) in [5, 5.41) is 0. The predicted molar refractivity (Wildman–Crippen MR) is 71.0 cm³/mol. The summed E-state index contributed by atoms with van der Waals surface area (Å²) in [7, 11) is 0. The molecule has 17 heavy (non-hydrogen) atoms. The van der Waals surface area contributed by atoms with Crippen LogP contribution in [-0.2, 0) is 4.74 Å². The summed E-state index contributed by atoms with van der Waals surface area (Å²) in [6.07, 6.45) is 6.09. The number of rotatable bonds is 2. The molecule has 2 aliphatic rings. The molecule has 100 valence electrons. The molecule has 2 aliphatic heterocycles. The third-order valence-corrected chi connectivity index (χ3v) is 4.81. The van der Waals surface area contributed by atoms with E-state index in [-0.39, 0.29) is 5.54 Å². The van der Waals surface area contributed by atoms with E-state index >= 15 is 0 Å². The highest BCUT2D eigenvalue weighted by atomic mass is 16.5. The Bertz CT molecular complexity index is 235. The highest BCUT2D eigenvalue weighted by Gasteiger charge is 2.39. The fraction of sp³-hybridized carbons (Fsp3) is 1.00. The summed E-state index contributed by atoms with van der Waals surface area (Å²) in [4.78, 5) is 2.66. The number of likely N-dealkylation sites (tertiary alicyclic amines) is 1. The van der Waals surface area contributed by atoms with Gasteiger partial charge in [0.25, 0.3) is 0 Å². The molecule has 2 rings (SSSR count). The lowest BCUT2D eigenvalue weighted by molar-refractivity contribution is 0.0186. The van der Waals surface area contributed by atoms with Gasteiger partial charge in [0.1, 0.15) is 0 Å². The first-order valence-corrected chi connectivity index (χ1v) is 7.11. The van der Waals surface area contributed by atoms with Gasteiger partial charge in [0.15, 0.2) is 0 Å². The van der Waals surface area contributed by atoms with Crippen molar-refractivity contribution in [2.24, 2.45) is 11.1 Å². The number of nitrogens with two attached hydrogens (primary N) is 1. The largest absolute Gasteiger partial charge is 0.381 e. The summed E-state index contributed by atoms with van der Waals surface area (Å²) in [5.41, 5.74) is 6.86. The highest BCUT2D eigenvalue weighted by Crippen LogP contribution is 2.36. The number of hydrogen-bond donors (Lipinski definition) is 1. The van der Waals surface area contributed by atoms with Gasteiger partial charge < -0.3 is 10.5 Å². The van der Waals surface area contributed by atoms with Gasteiger partial charge in [0, 0.05) is 25.3 Å². The molecule has 0 aromatic heterocycles. The van der Waals surface area contributed by atoms with Crippen LogP contribution in [0.25, 0.3) is 0 Å². The first-order chi connectivity index (χ1) is 8.08. The Morgan fingerprint density at radius 1 is 1.06 bits per heavy atom. The monoisotopic (exact) mass is 240 g/mol. The molecule has 0 amide bonds. The van der Waals surface area contributed by atoms with Crippen LogP contribution in [0.1, 0.15) is 46.0 Å². The fourth-order valence-electron chi connectivity index (χ4n) is 3.23. The summed E-state index contributed by atoms with van der Waals surface area (Å²) in [6, 6.07) is 0. The third-order valence-electron chi connectivity index (χ3n) is 4.81. The van der Waals surface area contributed by atoms with E-state index in [1.54, 1.807) is 0 Å². The van der Waals surface area contributed by atoms with Gasteiger partial charge in [0.05, 0.1) is 0 Å². The molecule has 0 aromatic rings. The zero-order valence-corrected chi connectivity index (χ0v) is 11.5. The molecule has 2 fully saturated rings. The highest BCUT2D eigenvalue weighted by molar-refractivity contribution is 4.95. The standard InChI is InChI=1S/C14H28N2O/c1-13(2)5-8-16(9-6-13)14(12-15)4-3-10-17-11-7-14/h3-12,15H2,1-2H3.